The van der Waals surface area contributed by atoms with Crippen LogP contribution in [0.1, 0.15) is 24.8 Å². The summed E-state index contributed by atoms with van der Waals surface area (Å²) in [5.74, 6) is 0.779. The summed E-state index contributed by atoms with van der Waals surface area (Å²) in [7, 11) is 0. The standard InChI is InChI=1S/C19H22N2.ClH/c1-2-7-15(8-3-1)13-21-14-16-9-6-11-17(16)20-18-10-4-5-12-19(18)21;/h1-5,7-8,10,12,16-17,20H,6,9,11,13-14H2;1H/t16-,17-;/m1./s1. The first kappa shape index (κ1) is 15.2. The van der Waals surface area contributed by atoms with E-state index in [0.29, 0.717) is 6.04 Å². The highest BCUT2D eigenvalue weighted by atomic mass is 35.5. The van der Waals surface area contributed by atoms with Gasteiger partial charge in [-0.1, -0.05) is 48.9 Å². The molecule has 2 atom stereocenters. The molecule has 0 amide bonds. The van der Waals surface area contributed by atoms with Crippen LogP contribution < -0.4 is 10.2 Å². The van der Waals surface area contributed by atoms with E-state index >= 15 is 0 Å². The summed E-state index contributed by atoms with van der Waals surface area (Å²) in [5, 5.41) is 3.80. The van der Waals surface area contributed by atoms with Crippen LogP contribution in [0.2, 0.25) is 0 Å². The molecule has 4 rings (SSSR count). The maximum Gasteiger partial charge on any atom is 0.0605 e. The van der Waals surface area contributed by atoms with E-state index in [-0.39, 0.29) is 12.4 Å². The smallest absolute Gasteiger partial charge is 0.0605 e. The van der Waals surface area contributed by atoms with Gasteiger partial charge in [-0.2, -0.15) is 0 Å². The van der Waals surface area contributed by atoms with E-state index in [9.17, 15) is 0 Å². The van der Waals surface area contributed by atoms with Gasteiger partial charge in [0, 0.05) is 19.1 Å². The summed E-state index contributed by atoms with van der Waals surface area (Å²) < 4.78 is 0. The molecule has 0 aromatic heterocycles. The largest absolute Gasteiger partial charge is 0.380 e. The van der Waals surface area contributed by atoms with E-state index in [0.717, 1.165) is 12.5 Å². The third kappa shape index (κ3) is 2.93. The van der Waals surface area contributed by atoms with Gasteiger partial charge >= 0.3 is 0 Å². The lowest BCUT2D eigenvalue weighted by Gasteiger charge is -2.27. The molecule has 1 heterocycles. The number of hydrogen-bond acceptors (Lipinski definition) is 2. The number of nitrogens with one attached hydrogen (secondary N) is 1. The minimum atomic E-state index is 0. The van der Waals surface area contributed by atoms with E-state index in [2.05, 4.69) is 64.8 Å². The fourth-order valence-electron chi connectivity index (χ4n) is 3.85. The van der Waals surface area contributed by atoms with Crippen molar-refractivity contribution in [3.63, 3.8) is 0 Å². The van der Waals surface area contributed by atoms with E-state index in [1.165, 1.54) is 42.7 Å². The summed E-state index contributed by atoms with van der Waals surface area (Å²) >= 11 is 0. The lowest BCUT2D eigenvalue weighted by Crippen LogP contribution is -2.31. The third-order valence-electron chi connectivity index (χ3n) is 4.92. The second-order valence-corrected chi connectivity index (χ2v) is 6.33. The molecule has 0 radical (unpaired) electrons. The molecule has 1 saturated carbocycles. The summed E-state index contributed by atoms with van der Waals surface area (Å²) in [5.41, 5.74) is 4.06. The van der Waals surface area contributed by atoms with Crippen molar-refractivity contribution in [1.29, 1.82) is 0 Å². The molecule has 0 saturated heterocycles. The Morgan fingerprint density at radius 2 is 1.73 bits per heavy atom. The van der Waals surface area contributed by atoms with Crippen LogP contribution in [-0.2, 0) is 6.54 Å². The molecule has 116 valence electrons. The molecular formula is C19H23ClN2. The molecule has 0 spiro atoms. The van der Waals surface area contributed by atoms with Gasteiger partial charge in [0.25, 0.3) is 0 Å². The predicted molar refractivity (Wildman–Crippen MR) is 95.9 cm³/mol. The SMILES string of the molecule is Cl.c1ccc(CN2C[C@H]3CCC[C@H]3Nc3ccccc32)cc1. The normalized spacial score (nSPS) is 22.8. The molecule has 2 aliphatic rings. The monoisotopic (exact) mass is 314 g/mol. The van der Waals surface area contributed by atoms with E-state index in [1.54, 1.807) is 0 Å². The second-order valence-electron chi connectivity index (χ2n) is 6.33. The Morgan fingerprint density at radius 3 is 2.59 bits per heavy atom. The topological polar surface area (TPSA) is 15.3 Å². The van der Waals surface area contributed by atoms with Crippen LogP contribution in [0, 0.1) is 5.92 Å². The number of nitrogens with zero attached hydrogens (tertiary/aromatic N) is 1. The molecule has 22 heavy (non-hydrogen) atoms. The van der Waals surface area contributed by atoms with Crippen molar-refractivity contribution in [2.24, 2.45) is 5.92 Å². The second kappa shape index (κ2) is 6.62. The van der Waals surface area contributed by atoms with Crippen LogP contribution in [0.4, 0.5) is 11.4 Å². The molecule has 0 unspecified atom stereocenters. The van der Waals surface area contributed by atoms with Crippen molar-refractivity contribution in [2.75, 3.05) is 16.8 Å². The van der Waals surface area contributed by atoms with Crippen molar-refractivity contribution in [1.82, 2.24) is 0 Å². The van der Waals surface area contributed by atoms with Gasteiger partial charge in [-0.15, -0.1) is 12.4 Å². The maximum absolute atomic E-state index is 3.80. The van der Waals surface area contributed by atoms with Gasteiger partial charge in [-0.05, 0) is 36.5 Å². The Labute approximate surface area is 138 Å². The van der Waals surface area contributed by atoms with E-state index < -0.39 is 0 Å². The van der Waals surface area contributed by atoms with Crippen LogP contribution in [-0.4, -0.2) is 12.6 Å². The van der Waals surface area contributed by atoms with Crippen molar-refractivity contribution < 1.29 is 0 Å². The summed E-state index contributed by atoms with van der Waals surface area (Å²) in [6.45, 7) is 2.17. The van der Waals surface area contributed by atoms with Gasteiger partial charge in [0.2, 0.25) is 0 Å². The van der Waals surface area contributed by atoms with Crippen LogP contribution in [0.15, 0.2) is 54.6 Å². The van der Waals surface area contributed by atoms with Gasteiger partial charge in [0.1, 0.15) is 0 Å². The van der Waals surface area contributed by atoms with E-state index in [1.807, 2.05) is 0 Å². The maximum atomic E-state index is 3.80. The first-order valence-corrected chi connectivity index (χ1v) is 8.04. The van der Waals surface area contributed by atoms with E-state index in [4.69, 9.17) is 0 Å². The third-order valence-corrected chi connectivity index (χ3v) is 4.92. The molecular weight excluding hydrogens is 292 g/mol. The number of hydrogen-bond donors (Lipinski definition) is 1. The van der Waals surface area contributed by atoms with Crippen molar-refractivity contribution >= 4 is 23.8 Å². The van der Waals surface area contributed by atoms with Gasteiger partial charge in [-0.3, -0.25) is 0 Å². The Morgan fingerprint density at radius 1 is 0.955 bits per heavy atom. The fourth-order valence-corrected chi connectivity index (χ4v) is 3.85. The first-order chi connectivity index (χ1) is 10.4. The Bertz CT molecular complexity index is 614. The van der Waals surface area contributed by atoms with Gasteiger partial charge in [-0.25, -0.2) is 0 Å². The van der Waals surface area contributed by atoms with Gasteiger partial charge in [0.05, 0.1) is 11.4 Å². The van der Waals surface area contributed by atoms with Crippen LogP contribution in [0.25, 0.3) is 0 Å². The number of fused-ring (bicyclic) bond motifs is 2. The highest BCUT2D eigenvalue weighted by Gasteiger charge is 2.32. The van der Waals surface area contributed by atoms with Crippen LogP contribution in [0.5, 0.6) is 0 Å². The quantitative estimate of drug-likeness (QED) is 0.863. The predicted octanol–water partition coefficient (Wildman–Crippen LogP) is 4.71. The lowest BCUT2D eigenvalue weighted by molar-refractivity contribution is 0.501. The molecule has 0 bridgehead atoms. The minimum absolute atomic E-state index is 0. The Balaban J connectivity index is 0.00000144. The molecule has 2 nitrogen and oxygen atoms in total. The van der Waals surface area contributed by atoms with Crippen molar-refractivity contribution in [3.8, 4) is 0 Å². The zero-order valence-corrected chi connectivity index (χ0v) is 13.6. The number of anilines is 2. The number of para-hydroxylation sites is 2. The van der Waals surface area contributed by atoms with Crippen molar-refractivity contribution in [3.05, 3.63) is 60.2 Å². The highest BCUT2D eigenvalue weighted by Crippen LogP contribution is 2.38. The average Bonchev–Trinajstić information content (AvgIpc) is 2.90. The summed E-state index contributed by atoms with van der Waals surface area (Å²) in [4.78, 5) is 2.56. The molecule has 1 fully saturated rings. The number of benzene rings is 2. The van der Waals surface area contributed by atoms with Crippen LogP contribution >= 0.6 is 12.4 Å². The average molecular weight is 315 g/mol. The zero-order valence-electron chi connectivity index (χ0n) is 12.7. The number of halogens is 1. The molecule has 1 N–H and O–H groups in total. The zero-order chi connectivity index (χ0) is 14.1. The lowest BCUT2D eigenvalue weighted by atomic mass is 10.0. The molecule has 2 aromatic carbocycles. The van der Waals surface area contributed by atoms with Crippen LogP contribution in [0.3, 0.4) is 0 Å². The summed E-state index contributed by atoms with van der Waals surface area (Å²) in [6, 6.07) is 20.3. The Hall–Kier alpha value is -1.67. The first-order valence-electron chi connectivity index (χ1n) is 8.04. The molecule has 3 heteroatoms. The van der Waals surface area contributed by atoms with Crippen molar-refractivity contribution in [2.45, 2.75) is 31.8 Å². The Kier molecular flexibility index (Phi) is 4.58. The number of rotatable bonds is 2. The minimum Gasteiger partial charge on any atom is -0.380 e. The molecule has 1 aliphatic carbocycles. The summed E-state index contributed by atoms with van der Waals surface area (Å²) in [6.07, 6.45) is 4.04. The highest BCUT2D eigenvalue weighted by molar-refractivity contribution is 5.85. The van der Waals surface area contributed by atoms with Gasteiger partial charge in [0.15, 0.2) is 0 Å². The molecule has 2 aromatic rings. The molecule has 1 aliphatic heterocycles. The fraction of sp³-hybridized carbons (Fsp3) is 0.368. The van der Waals surface area contributed by atoms with Gasteiger partial charge < -0.3 is 10.2 Å².